The van der Waals surface area contributed by atoms with Crippen molar-refractivity contribution in [3.8, 4) is 0 Å². The average Bonchev–Trinajstić information content (AvgIpc) is 3.14. The van der Waals surface area contributed by atoms with Gasteiger partial charge in [0.15, 0.2) is 0 Å². The maximum Gasteiger partial charge on any atom is 0.0472 e. The molecule has 0 atom stereocenters. The Morgan fingerprint density at radius 1 is 1.29 bits per heavy atom. The SMILES string of the molecule is CCCN(CC1CC1)CC1(CN)CCOCC1. The van der Waals surface area contributed by atoms with Crippen LogP contribution in [0.2, 0.25) is 0 Å². The molecule has 3 nitrogen and oxygen atoms in total. The van der Waals surface area contributed by atoms with E-state index in [1.165, 1.54) is 38.9 Å². The summed E-state index contributed by atoms with van der Waals surface area (Å²) in [6.45, 7) is 8.63. The highest BCUT2D eigenvalue weighted by atomic mass is 16.5. The van der Waals surface area contributed by atoms with Gasteiger partial charge < -0.3 is 15.4 Å². The zero-order chi connectivity index (χ0) is 12.1. The van der Waals surface area contributed by atoms with Gasteiger partial charge >= 0.3 is 0 Å². The van der Waals surface area contributed by atoms with Crippen LogP contribution in [0.15, 0.2) is 0 Å². The fourth-order valence-electron chi connectivity index (χ4n) is 2.92. The number of nitrogens with zero attached hydrogens (tertiary/aromatic N) is 1. The van der Waals surface area contributed by atoms with Gasteiger partial charge in [-0.05, 0) is 56.5 Å². The van der Waals surface area contributed by atoms with E-state index in [0.29, 0.717) is 5.41 Å². The molecule has 2 fully saturated rings. The Balaban J connectivity index is 1.87. The minimum atomic E-state index is 0.336. The van der Waals surface area contributed by atoms with Gasteiger partial charge in [-0.15, -0.1) is 0 Å². The molecule has 0 aromatic rings. The topological polar surface area (TPSA) is 38.5 Å². The van der Waals surface area contributed by atoms with Crippen molar-refractivity contribution in [2.24, 2.45) is 17.1 Å². The summed E-state index contributed by atoms with van der Waals surface area (Å²) in [4.78, 5) is 2.66. The molecule has 100 valence electrons. The van der Waals surface area contributed by atoms with Crippen LogP contribution in [0.1, 0.15) is 39.0 Å². The number of ether oxygens (including phenoxy) is 1. The Morgan fingerprint density at radius 3 is 2.53 bits per heavy atom. The molecule has 1 saturated carbocycles. The lowest BCUT2D eigenvalue weighted by Gasteiger charge is -2.40. The number of hydrogen-bond acceptors (Lipinski definition) is 3. The van der Waals surface area contributed by atoms with E-state index >= 15 is 0 Å². The highest BCUT2D eigenvalue weighted by Gasteiger charge is 2.34. The average molecular weight is 240 g/mol. The van der Waals surface area contributed by atoms with Crippen LogP contribution in [0.4, 0.5) is 0 Å². The first kappa shape index (κ1) is 13.3. The first-order chi connectivity index (χ1) is 8.28. The van der Waals surface area contributed by atoms with Crippen LogP contribution in [0, 0.1) is 11.3 Å². The lowest BCUT2D eigenvalue weighted by molar-refractivity contribution is -0.000841. The molecule has 1 aliphatic heterocycles. The van der Waals surface area contributed by atoms with E-state index < -0.39 is 0 Å². The predicted octanol–water partition coefficient (Wildman–Crippen LogP) is 1.86. The highest BCUT2D eigenvalue weighted by Crippen LogP contribution is 2.34. The summed E-state index contributed by atoms with van der Waals surface area (Å²) in [6.07, 6.45) is 6.44. The van der Waals surface area contributed by atoms with E-state index in [2.05, 4.69) is 11.8 Å². The molecule has 0 aromatic heterocycles. The van der Waals surface area contributed by atoms with Gasteiger partial charge in [-0.1, -0.05) is 6.92 Å². The molecule has 2 N–H and O–H groups in total. The predicted molar refractivity (Wildman–Crippen MR) is 71.0 cm³/mol. The molecule has 2 aliphatic rings. The summed E-state index contributed by atoms with van der Waals surface area (Å²) < 4.78 is 5.49. The van der Waals surface area contributed by atoms with Crippen molar-refractivity contribution in [1.29, 1.82) is 0 Å². The van der Waals surface area contributed by atoms with Crippen LogP contribution >= 0.6 is 0 Å². The normalized spacial score (nSPS) is 24.2. The van der Waals surface area contributed by atoms with Gasteiger partial charge in [-0.2, -0.15) is 0 Å². The molecule has 0 amide bonds. The molecule has 1 aliphatic carbocycles. The van der Waals surface area contributed by atoms with E-state index in [0.717, 1.165) is 38.5 Å². The van der Waals surface area contributed by atoms with Gasteiger partial charge in [0.05, 0.1) is 0 Å². The molecule has 0 radical (unpaired) electrons. The van der Waals surface area contributed by atoms with Gasteiger partial charge in [-0.3, -0.25) is 0 Å². The van der Waals surface area contributed by atoms with Crippen LogP contribution in [0.25, 0.3) is 0 Å². The Kier molecular flexibility index (Phi) is 4.83. The zero-order valence-corrected chi connectivity index (χ0v) is 11.3. The molecule has 1 saturated heterocycles. The largest absolute Gasteiger partial charge is 0.381 e. The summed E-state index contributed by atoms with van der Waals surface area (Å²) in [7, 11) is 0. The van der Waals surface area contributed by atoms with E-state index in [4.69, 9.17) is 10.5 Å². The van der Waals surface area contributed by atoms with Crippen molar-refractivity contribution >= 4 is 0 Å². The fourth-order valence-corrected chi connectivity index (χ4v) is 2.92. The van der Waals surface area contributed by atoms with E-state index in [1.807, 2.05) is 0 Å². The van der Waals surface area contributed by atoms with Gasteiger partial charge in [0.2, 0.25) is 0 Å². The van der Waals surface area contributed by atoms with Crippen molar-refractivity contribution in [2.75, 3.05) is 39.4 Å². The van der Waals surface area contributed by atoms with Gasteiger partial charge in [0.25, 0.3) is 0 Å². The van der Waals surface area contributed by atoms with Crippen molar-refractivity contribution in [3.63, 3.8) is 0 Å². The van der Waals surface area contributed by atoms with E-state index in [9.17, 15) is 0 Å². The van der Waals surface area contributed by atoms with E-state index in [-0.39, 0.29) is 0 Å². The molecule has 2 rings (SSSR count). The summed E-state index contributed by atoms with van der Waals surface area (Å²) in [6, 6.07) is 0. The van der Waals surface area contributed by atoms with E-state index in [1.54, 1.807) is 0 Å². The smallest absolute Gasteiger partial charge is 0.0472 e. The van der Waals surface area contributed by atoms with Crippen LogP contribution in [0.3, 0.4) is 0 Å². The Morgan fingerprint density at radius 2 is 2.00 bits per heavy atom. The molecule has 3 heteroatoms. The summed E-state index contributed by atoms with van der Waals surface area (Å²) in [5, 5.41) is 0. The molecule has 0 bridgehead atoms. The lowest BCUT2D eigenvalue weighted by Crippen LogP contribution is -2.46. The second kappa shape index (κ2) is 6.17. The third-order valence-corrected chi connectivity index (χ3v) is 4.30. The standard InChI is InChI=1S/C14H28N2O/c1-2-7-16(10-13-3-4-13)12-14(11-15)5-8-17-9-6-14/h13H,2-12,15H2,1H3. The number of nitrogens with two attached hydrogens (primary N) is 1. The molecule has 17 heavy (non-hydrogen) atoms. The van der Waals surface area contributed by atoms with Crippen molar-refractivity contribution in [2.45, 2.75) is 39.0 Å². The molecular formula is C14H28N2O. The van der Waals surface area contributed by atoms with Crippen LogP contribution in [-0.4, -0.2) is 44.3 Å². The maximum atomic E-state index is 6.05. The van der Waals surface area contributed by atoms with Crippen LogP contribution in [-0.2, 0) is 4.74 Å². The lowest BCUT2D eigenvalue weighted by atomic mass is 9.79. The second-order valence-corrected chi connectivity index (χ2v) is 5.99. The Bertz CT molecular complexity index is 222. The van der Waals surface area contributed by atoms with Gasteiger partial charge in [-0.25, -0.2) is 0 Å². The summed E-state index contributed by atoms with van der Waals surface area (Å²) in [5.41, 5.74) is 6.38. The zero-order valence-electron chi connectivity index (χ0n) is 11.3. The van der Waals surface area contributed by atoms with Crippen LogP contribution in [0.5, 0.6) is 0 Å². The monoisotopic (exact) mass is 240 g/mol. The minimum Gasteiger partial charge on any atom is -0.381 e. The second-order valence-electron chi connectivity index (χ2n) is 5.99. The first-order valence-electron chi connectivity index (χ1n) is 7.28. The van der Waals surface area contributed by atoms with Gasteiger partial charge in [0, 0.05) is 26.3 Å². The fraction of sp³-hybridized carbons (Fsp3) is 1.00. The van der Waals surface area contributed by atoms with Gasteiger partial charge in [0.1, 0.15) is 0 Å². The minimum absolute atomic E-state index is 0.336. The molecule has 0 unspecified atom stereocenters. The molecule has 0 aromatic carbocycles. The molecule has 1 heterocycles. The first-order valence-corrected chi connectivity index (χ1v) is 7.28. The molecule has 0 spiro atoms. The van der Waals surface area contributed by atoms with Crippen molar-refractivity contribution < 1.29 is 4.74 Å². The Labute approximate surface area is 106 Å². The van der Waals surface area contributed by atoms with Crippen LogP contribution < -0.4 is 5.73 Å². The summed E-state index contributed by atoms with van der Waals surface area (Å²) in [5.74, 6) is 0.983. The third-order valence-electron chi connectivity index (χ3n) is 4.30. The number of rotatable bonds is 7. The summed E-state index contributed by atoms with van der Waals surface area (Å²) >= 11 is 0. The van der Waals surface area contributed by atoms with Crippen molar-refractivity contribution in [3.05, 3.63) is 0 Å². The molecular weight excluding hydrogens is 212 g/mol. The maximum absolute atomic E-state index is 6.05. The number of hydrogen-bond donors (Lipinski definition) is 1. The highest BCUT2D eigenvalue weighted by molar-refractivity contribution is 4.88. The quantitative estimate of drug-likeness (QED) is 0.738. The van der Waals surface area contributed by atoms with Crippen molar-refractivity contribution in [1.82, 2.24) is 4.90 Å². The Hall–Kier alpha value is -0.120. The third kappa shape index (κ3) is 3.94.